The van der Waals surface area contributed by atoms with Crippen LogP contribution < -0.4 is 10.4 Å². The van der Waals surface area contributed by atoms with Gasteiger partial charge in [-0.2, -0.15) is 0 Å². The van der Waals surface area contributed by atoms with Crippen LogP contribution in [0.1, 0.15) is 28.8 Å². The molecule has 0 amide bonds. The second kappa shape index (κ2) is 8.88. The predicted octanol–water partition coefficient (Wildman–Crippen LogP) is 3.75. The highest BCUT2D eigenvalue weighted by atomic mass is 32.1. The molecular formula is C26H26BN5S. The second-order valence-electron chi connectivity index (χ2n) is 9.01. The van der Waals surface area contributed by atoms with Crippen molar-refractivity contribution in [1.29, 1.82) is 0 Å². The molecule has 0 spiro atoms. The predicted molar refractivity (Wildman–Crippen MR) is 137 cm³/mol. The van der Waals surface area contributed by atoms with Gasteiger partial charge in [-0.05, 0) is 48.9 Å². The molecule has 1 fully saturated rings. The topological polar surface area (TPSA) is 45.2 Å². The third kappa shape index (κ3) is 4.16. The van der Waals surface area contributed by atoms with Gasteiger partial charge < -0.3 is 4.90 Å². The number of piperazine rings is 1. The summed E-state index contributed by atoms with van der Waals surface area (Å²) in [6.45, 7) is 4.90. The average Bonchev–Trinajstić information content (AvgIpc) is 3.23. The highest BCUT2D eigenvalue weighted by Gasteiger charge is 2.26. The van der Waals surface area contributed by atoms with Gasteiger partial charge in [-0.25, -0.2) is 9.97 Å². The average molecular weight is 451 g/mol. The first-order valence-corrected chi connectivity index (χ1v) is 12.6. The van der Waals surface area contributed by atoms with E-state index < -0.39 is 0 Å². The van der Waals surface area contributed by atoms with Crippen LogP contribution in [0.25, 0.3) is 21.6 Å². The van der Waals surface area contributed by atoms with Gasteiger partial charge >= 0.3 is 0 Å². The summed E-state index contributed by atoms with van der Waals surface area (Å²) in [6, 6.07) is 12.2. The van der Waals surface area contributed by atoms with Crippen LogP contribution in [0.5, 0.6) is 0 Å². The number of aryl methyl sites for hydroxylation is 2. The maximum Gasteiger partial charge on any atom is 0.163 e. The molecule has 1 aromatic carbocycles. The van der Waals surface area contributed by atoms with Gasteiger partial charge in [0.1, 0.15) is 18.5 Å². The number of nitrogens with zero attached hydrogens (tertiary/aromatic N) is 5. The summed E-state index contributed by atoms with van der Waals surface area (Å²) in [5, 5.41) is 1.30. The lowest BCUT2D eigenvalue weighted by Crippen LogP contribution is -2.46. The number of fused-ring (bicyclic) bond motifs is 3. The Kier molecular flexibility index (Phi) is 5.60. The molecule has 0 bridgehead atoms. The zero-order valence-electron chi connectivity index (χ0n) is 18.7. The third-order valence-electron chi connectivity index (χ3n) is 6.76. The smallest absolute Gasteiger partial charge is 0.163 e. The van der Waals surface area contributed by atoms with E-state index in [1.165, 1.54) is 40.7 Å². The van der Waals surface area contributed by atoms with Crippen molar-refractivity contribution < 1.29 is 0 Å². The Morgan fingerprint density at radius 1 is 0.939 bits per heavy atom. The number of anilines is 1. The molecule has 0 atom stereocenters. The van der Waals surface area contributed by atoms with Crippen LogP contribution in [0.2, 0.25) is 0 Å². The first kappa shape index (κ1) is 20.8. The van der Waals surface area contributed by atoms with Crippen LogP contribution in [-0.4, -0.2) is 53.9 Å². The van der Waals surface area contributed by atoms with Gasteiger partial charge in [-0.15, -0.1) is 11.3 Å². The molecule has 5 nitrogen and oxygen atoms in total. The highest BCUT2D eigenvalue weighted by Crippen LogP contribution is 2.41. The van der Waals surface area contributed by atoms with Crippen LogP contribution >= 0.6 is 11.3 Å². The van der Waals surface area contributed by atoms with Crippen LogP contribution in [0.15, 0.2) is 48.8 Å². The van der Waals surface area contributed by atoms with Crippen molar-refractivity contribution in [2.75, 3.05) is 31.1 Å². The summed E-state index contributed by atoms with van der Waals surface area (Å²) in [5.41, 5.74) is 4.64. The van der Waals surface area contributed by atoms with Crippen LogP contribution in [0.3, 0.4) is 0 Å². The van der Waals surface area contributed by atoms with Crippen molar-refractivity contribution >= 4 is 40.7 Å². The number of hydrogen-bond donors (Lipinski definition) is 0. The molecule has 2 aliphatic rings. The minimum atomic E-state index is 0.806. The van der Waals surface area contributed by atoms with E-state index >= 15 is 0 Å². The molecule has 4 heterocycles. The molecule has 4 aromatic rings. The molecule has 1 aliphatic heterocycles. The van der Waals surface area contributed by atoms with Crippen molar-refractivity contribution in [1.82, 2.24) is 19.9 Å². The molecule has 33 heavy (non-hydrogen) atoms. The molecule has 1 aliphatic carbocycles. The number of aromatic nitrogens is 3. The van der Waals surface area contributed by atoms with Crippen molar-refractivity contribution in [3.05, 3.63) is 64.8 Å². The minimum absolute atomic E-state index is 0.806. The molecule has 3 aromatic heterocycles. The first-order chi connectivity index (χ1) is 16.2. The van der Waals surface area contributed by atoms with Crippen molar-refractivity contribution in [3.8, 4) is 11.4 Å². The summed E-state index contributed by atoms with van der Waals surface area (Å²) in [5.74, 6) is 1.93. The third-order valence-corrected chi connectivity index (χ3v) is 7.95. The Labute approximate surface area is 199 Å². The highest BCUT2D eigenvalue weighted by molar-refractivity contribution is 7.19. The molecule has 0 N–H and O–H groups in total. The number of hydrogen-bond acceptors (Lipinski definition) is 6. The Hall–Kier alpha value is -2.77. The standard InChI is InChI=1S/C26H26BN5S/c27-20-5-3-4-18(16-20)17-31-12-14-32(15-13-31)25-23-21-6-1-2-7-22(21)33-26(23)30-24(29-25)19-8-10-28-11-9-19/h3-5,8-11,16H,1-2,6-7,12-15,17H2. The SMILES string of the molecule is [B]c1cccc(CN2CCN(c3nc(-c4ccncc4)nc4sc5c(c34)CCCC5)CC2)c1. The Balaban J connectivity index is 1.32. The molecular weight excluding hydrogens is 425 g/mol. The molecule has 0 unspecified atom stereocenters. The van der Waals surface area contributed by atoms with E-state index in [1.54, 1.807) is 0 Å². The van der Waals surface area contributed by atoms with Gasteiger partial charge in [0.2, 0.25) is 0 Å². The van der Waals surface area contributed by atoms with Gasteiger partial charge in [0.05, 0.1) is 5.39 Å². The van der Waals surface area contributed by atoms with Gasteiger partial charge in [0.15, 0.2) is 5.82 Å². The summed E-state index contributed by atoms with van der Waals surface area (Å²) >= 11 is 1.87. The zero-order valence-corrected chi connectivity index (χ0v) is 19.5. The van der Waals surface area contributed by atoms with Crippen molar-refractivity contribution in [2.45, 2.75) is 32.2 Å². The van der Waals surface area contributed by atoms with E-state index in [4.69, 9.17) is 17.8 Å². The summed E-state index contributed by atoms with van der Waals surface area (Å²) in [6.07, 6.45) is 8.50. The number of pyridine rings is 1. The first-order valence-electron chi connectivity index (χ1n) is 11.8. The van der Waals surface area contributed by atoms with E-state index in [0.29, 0.717) is 0 Å². The summed E-state index contributed by atoms with van der Waals surface area (Å²) in [4.78, 5) is 22.0. The number of thiophene rings is 1. The maximum absolute atomic E-state index is 5.98. The maximum atomic E-state index is 5.98. The normalized spacial score (nSPS) is 16.8. The fraction of sp³-hybridized carbons (Fsp3) is 0.346. The molecule has 6 rings (SSSR count). The monoisotopic (exact) mass is 451 g/mol. The Bertz CT molecular complexity index is 1280. The van der Waals surface area contributed by atoms with E-state index in [9.17, 15) is 0 Å². The second-order valence-corrected chi connectivity index (χ2v) is 10.1. The largest absolute Gasteiger partial charge is 0.353 e. The van der Waals surface area contributed by atoms with Gasteiger partial charge in [-0.1, -0.05) is 29.7 Å². The molecule has 164 valence electrons. The number of rotatable bonds is 4. The fourth-order valence-electron chi connectivity index (χ4n) is 5.06. The minimum Gasteiger partial charge on any atom is -0.353 e. The van der Waals surface area contributed by atoms with E-state index in [2.05, 4.69) is 26.9 Å². The van der Waals surface area contributed by atoms with E-state index in [1.807, 2.05) is 48.0 Å². The summed E-state index contributed by atoms with van der Waals surface area (Å²) < 4.78 is 0. The Morgan fingerprint density at radius 2 is 1.76 bits per heavy atom. The lowest BCUT2D eigenvalue weighted by Gasteiger charge is -2.36. The summed E-state index contributed by atoms with van der Waals surface area (Å²) in [7, 11) is 5.98. The lowest BCUT2D eigenvalue weighted by atomic mass is 9.94. The molecule has 0 saturated carbocycles. The zero-order chi connectivity index (χ0) is 22.2. The van der Waals surface area contributed by atoms with E-state index in [-0.39, 0.29) is 0 Å². The Morgan fingerprint density at radius 3 is 2.58 bits per heavy atom. The fourth-order valence-corrected chi connectivity index (χ4v) is 6.32. The van der Waals surface area contributed by atoms with E-state index in [0.717, 1.165) is 66.6 Å². The van der Waals surface area contributed by atoms with Gasteiger partial charge in [-0.3, -0.25) is 9.88 Å². The lowest BCUT2D eigenvalue weighted by molar-refractivity contribution is 0.249. The van der Waals surface area contributed by atoms with Crippen LogP contribution in [0.4, 0.5) is 5.82 Å². The van der Waals surface area contributed by atoms with Crippen LogP contribution in [0, 0.1) is 0 Å². The molecule has 2 radical (unpaired) electrons. The van der Waals surface area contributed by atoms with Crippen molar-refractivity contribution in [2.24, 2.45) is 0 Å². The van der Waals surface area contributed by atoms with Gasteiger partial charge in [0, 0.05) is 55.6 Å². The van der Waals surface area contributed by atoms with Gasteiger partial charge in [0.25, 0.3) is 0 Å². The van der Waals surface area contributed by atoms with Crippen molar-refractivity contribution in [3.63, 3.8) is 0 Å². The molecule has 1 saturated heterocycles. The quantitative estimate of drug-likeness (QED) is 0.443. The number of benzene rings is 1. The van der Waals surface area contributed by atoms with Crippen LogP contribution in [-0.2, 0) is 19.4 Å². The molecule has 7 heteroatoms.